The van der Waals surface area contributed by atoms with Crippen LogP contribution in [0.5, 0.6) is 0 Å². The van der Waals surface area contributed by atoms with E-state index in [1.807, 2.05) is 13.0 Å². The van der Waals surface area contributed by atoms with Crippen LogP contribution in [0, 0.1) is 12.7 Å². The van der Waals surface area contributed by atoms with Crippen LogP contribution in [0.25, 0.3) is 0 Å². The van der Waals surface area contributed by atoms with Gasteiger partial charge in [-0.2, -0.15) is 17.4 Å². The van der Waals surface area contributed by atoms with Crippen molar-refractivity contribution >= 4 is 60.7 Å². The van der Waals surface area contributed by atoms with Crippen molar-refractivity contribution in [1.29, 1.82) is 0 Å². The van der Waals surface area contributed by atoms with Crippen molar-refractivity contribution in [2.45, 2.75) is 25.4 Å². The molecule has 0 spiro atoms. The van der Waals surface area contributed by atoms with Gasteiger partial charge in [-0.25, -0.2) is 4.39 Å². The molecule has 0 saturated carbocycles. The van der Waals surface area contributed by atoms with E-state index in [2.05, 4.69) is 26.0 Å². The normalized spacial score (nSPS) is 22.6. The summed E-state index contributed by atoms with van der Waals surface area (Å²) in [5, 5.41) is 2.48. The van der Waals surface area contributed by atoms with Gasteiger partial charge < -0.3 is 5.32 Å². The summed E-state index contributed by atoms with van der Waals surface area (Å²) in [5.74, 6) is -1.11. The van der Waals surface area contributed by atoms with E-state index >= 15 is 0 Å². The zero-order valence-electron chi connectivity index (χ0n) is 14.3. The monoisotopic (exact) mass is 495 g/mol. The van der Waals surface area contributed by atoms with Gasteiger partial charge in [-0.15, -0.1) is 11.3 Å². The van der Waals surface area contributed by atoms with Crippen molar-refractivity contribution in [3.05, 3.63) is 49.3 Å². The first-order valence-corrected chi connectivity index (χ1v) is 11.3. The number of benzene rings is 1. The zero-order chi connectivity index (χ0) is 19.9. The molecule has 1 amide bonds. The van der Waals surface area contributed by atoms with E-state index in [0.29, 0.717) is 5.69 Å². The summed E-state index contributed by atoms with van der Waals surface area (Å²) in [6.45, 7) is 1.91. The van der Waals surface area contributed by atoms with Gasteiger partial charge in [0, 0.05) is 17.6 Å². The van der Waals surface area contributed by atoms with Crippen molar-refractivity contribution < 1.29 is 17.6 Å². The summed E-state index contributed by atoms with van der Waals surface area (Å²) in [6, 6.07) is 4.23. The number of likely N-dealkylation sites (N-methyl/N-ethyl adjacent to an activating group) is 1. The van der Waals surface area contributed by atoms with Gasteiger partial charge in [-0.3, -0.25) is 4.79 Å². The molecule has 2 heterocycles. The first-order valence-electron chi connectivity index (χ1n) is 7.85. The van der Waals surface area contributed by atoms with Gasteiger partial charge in [-0.05, 0) is 59.1 Å². The van der Waals surface area contributed by atoms with Crippen molar-refractivity contribution in [2.75, 3.05) is 12.4 Å². The Bertz CT molecular complexity index is 979. The Morgan fingerprint density at radius 3 is 2.74 bits per heavy atom. The molecular formula is C16H16BrClFN3O3S2. The molecule has 1 aliphatic rings. The van der Waals surface area contributed by atoms with Gasteiger partial charge in [0.15, 0.2) is 0 Å². The van der Waals surface area contributed by atoms with Gasteiger partial charge in [0.25, 0.3) is 10.2 Å². The van der Waals surface area contributed by atoms with Crippen LogP contribution in [-0.2, 0) is 15.0 Å². The Balaban J connectivity index is 1.85. The zero-order valence-corrected chi connectivity index (χ0v) is 18.3. The first kappa shape index (κ1) is 20.7. The molecule has 146 valence electrons. The standard InChI is InChI=1S/C16H16BrClFN3O3S2/c1-8-5-14(26-15(8)17)12-7-13(22(2)27(24,25)21-12)16(23)20-9-3-4-11(19)10(18)6-9/h3-6,12-13,21H,7H2,1-2H3,(H,20,23)/t12-,13+/m0/s1. The quantitative estimate of drug-likeness (QED) is 0.678. The number of anilines is 1. The number of amides is 1. The molecule has 1 aromatic heterocycles. The first-order chi connectivity index (χ1) is 12.6. The van der Waals surface area contributed by atoms with Crippen LogP contribution in [0.4, 0.5) is 10.1 Å². The van der Waals surface area contributed by atoms with E-state index in [0.717, 1.165) is 24.6 Å². The van der Waals surface area contributed by atoms with Crippen LogP contribution in [0.3, 0.4) is 0 Å². The Morgan fingerprint density at radius 2 is 2.15 bits per heavy atom. The Hall–Kier alpha value is -1.04. The minimum Gasteiger partial charge on any atom is -0.325 e. The van der Waals surface area contributed by atoms with E-state index in [4.69, 9.17) is 11.6 Å². The fraction of sp³-hybridized carbons (Fsp3) is 0.312. The number of hydrogen-bond donors (Lipinski definition) is 2. The Kier molecular flexibility index (Phi) is 5.95. The summed E-state index contributed by atoms with van der Waals surface area (Å²) in [4.78, 5) is 13.5. The highest BCUT2D eigenvalue weighted by Crippen LogP contribution is 2.36. The summed E-state index contributed by atoms with van der Waals surface area (Å²) < 4.78 is 42.8. The highest BCUT2D eigenvalue weighted by molar-refractivity contribution is 9.11. The lowest BCUT2D eigenvalue weighted by atomic mass is 10.0. The second-order valence-corrected chi connectivity index (χ2v) is 10.7. The molecular weight excluding hydrogens is 481 g/mol. The van der Waals surface area contributed by atoms with Crippen molar-refractivity contribution in [3.63, 3.8) is 0 Å². The molecule has 1 aromatic carbocycles. The number of hydrogen-bond acceptors (Lipinski definition) is 4. The van der Waals surface area contributed by atoms with Crippen LogP contribution < -0.4 is 10.0 Å². The molecule has 3 rings (SSSR count). The molecule has 11 heteroatoms. The highest BCUT2D eigenvalue weighted by Gasteiger charge is 2.41. The second kappa shape index (κ2) is 7.76. The molecule has 27 heavy (non-hydrogen) atoms. The van der Waals surface area contributed by atoms with Crippen molar-refractivity contribution in [3.8, 4) is 0 Å². The predicted octanol–water partition coefficient (Wildman–Crippen LogP) is 3.83. The molecule has 0 unspecified atom stereocenters. The van der Waals surface area contributed by atoms with E-state index in [1.54, 1.807) is 0 Å². The minimum absolute atomic E-state index is 0.129. The molecule has 6 nitrogen and oxygen atoms in total. The molecule has 1 fully saturated rings. The van der Waals surface area contributed by atoms with Gasteiger partial charge in [0.1, 0.15) is 11.9 Å². The summed E-state index contributed by atoms with van der Waals surface area (Å²) >= 11 is 10.6. The lowest BCUT2D eigenvalue weighted by Crippen LogP contribution is -2.55. The fourth-order valence-corrected chi connectivity index (χ4v) is 5.91. The van der Waals surface area contributed by atoms with E-state index in [9.17, 15) is 17.6 Å². The lowest BCUT2D eigenvalue weighted by Gasteiger charge is -2.35. The Morgan fingerprint density at radius 1 is 1.44 bits per heavy atom. The maximum Gasteiger partial charge on any atom is 0.280 e. The minimum atomic E-state index is -3.84. The summed E-state index contributed by atoms with van der Waals surface area (Å²) in [6.07, 6.45) is 0.253. The van der Waals surface area contributed by atoms with Gasteiger partial charge in [0.05, 0.1) is 14.9 Å². The number of carbonyl (C=O) groups is 1. The number of aryl methyl sites for hydroxylation is 1. The summed E-state index contributed by atoms with van der Waals surface area (Å²) in [5.41, 5.74) is 1.29. The van der Waals surface area contributed by atoms with Gasteiger partial charge in [-0.1, -0.05) is 11.6 Å². The average molecular weight is 497 g/mol. The van der Waals surface area contributed by atoms with Crippen LogP contribution >= 0.6 is 38.9 Å². The number of halogens is 3. The smallest absolute Gasteiger partial charge is 0.280 e. The van der Waals surface area contributed by atoms with Crippen LogP contribution in [0.1, 0.15) is 22.9 Å². The molecule has 1 saturated heterocycles. The fourth-order valence-electron chi connectivity index (χ4n) is 2.75. The number of thiophene rings is 1. The number of carbonyl (C=O) groups excluding carboxylic acids is 1. The SMILES string of the molecule is Cc1cc([C@@H]2C[C@H](C(=O)Nc3ccc(F)c(Cl)c3)N(C)S(=O)(=O)N2)sc1Br. The van der Waals surface area contributed by atoms with Gasteiger partial charge >= 0.3 is 0 Å². The third kappa shape index (κ3) is 4.36. The molecule has 1 aliphatic heterocycles. The molecule has 0 bridgehead atoms. The second-order valence-electron chi connectivity index (χ2n) is 6.17. The van der Waals surface area contributed by atoms with E-state index < -0.39 is 34.0 Å². The number of nitrogens with zero attached hydrogens (tertiary/aromatic N) is 1. The topological polar surface area (TPSA) is 78.5 Å². The van der Waals surface area contributed by atoms with Crippen molar-refractivity contribution in [2.24, 2.45) is 0 Å². The third-order valence-corrected chi connectivity index (χ3v) is 8.41. The summed E-state index contributed by atoms with van der Waals surface area (Å²) in [7, 11) is -2.49. The van der Waals surface area contributed by atoms with E-state index in [1.165, 1.54) is 30.5 Å². The average Bonchev–Trinajstić information content (AvgIpc) is 2.92. The Labute approximate surface area is 174 Å². The third-order valence-electron chi connectivity index (χ3n) is 4.28. The maximum atomic E-state index is 13.3. The van der Waals surface area contributed by atoms with Gasteiger partial charge in [0.2, 0.25) is 5.91 Å². The lowest BCUT2D eigenvalue weighted by molar-refractivity contribution is -0.120. The largest absolute Gasteiger partial charge is 0.325 e. The number of nitrogens with one attached hydrogen (secondary N) is 2. The van der Waals surface area contributed by atoms with Crippen molar-refractivity contribution in [1.82, 2.24) is 9.03 Å². The molecule has 2 atom stereocenters. The molecule has 2 aromatic rings. The van der Waals surface area contributed by atoms with Crippen LogP contribution in [-0.4, -0.2) is 31.7 Å². The highest BCUT2D eigenvalue weighted by atomic mass is 79.9. The van der Waals surface area contributed by atoms with Crippen LogP contribution in [0.15, 0.2) is 28.1 Å². The molecule has 0 radical (unpaired) electrons. The molecule has 2 N–H and O–H groups in total. The van der Waals surface area contributed by atoms with E-state index in [-0.39, 0.29) is 11.4 Å². The number of rotatable bonds is 3. The molecule has 0 aliphatic carbocycles. The maximum absolute atomic E-state index is 13.3. The predicted molar refractivity (Wildman–Crippen MR) is 108 cm³/mol. The van der Waals surface area contributed by atoms with Crippen LogP contribution in [0.2, 0.25) is 5.02 Å².